The summed E-state index contributed by atoms with van der Waals surface area (Å²) in [6.45, 7) is 0. The van der Waals surface area contributed by atoms with Crippen LogP contribution in [0.3, 0.4) is 0 Å². The molecule has 66 valence electrons. The van der Waals surface area contributed by atoms with Crippen LogP contribution in [0.1, 0.15) is 12.8 Å². The second-order valence-electron chi connectivity index (χ2n) is 3.73. The number of rotatable bonds is 1. The Morgan fingerprint density at radius 3 is 2.25 bits per heavy atom. The third-order valence-corrected chi connectivity index (χ3v) is 3.09. The molecular weight excluding hydrogens is 154 g/mol. The van der Waals surface area contributed by atoms with Gasteiger partial charge in [-0.15, -0.1) is 0 Å². The van der Waals surface area contributed by atoms with E-state index in [4.69, 9.17) is 10.8 Å². The molecule has 0 saturated heterocycles. The first-order chi connectivity index (χ1) is 5.70. The first-order valence-corrected chi connectivity index (χ1v) is 4.37. The van der Waals surface area contributed by atoms with Crippen LogP contribution in [0.25, 0.3) is 0 Å². The third-order valence-electron chi connectivity index (χ3n) is 3.09. The molecule has 0 radical (unpaired) electrons. The van der Waals surface area contributed by atoms with Crippen molar-refractivity contribution in [3.05, 3.63) is 12.2 Å². The van der Waals surface area contributed by atoms with Crippen molar-refractivity contribution in [2.24, 2.45) is 23.5 Å². The van der Waals surface area contributed by atoms with Crippen molar-refractivity contribution >= 4 is 5.97 Å². The van der Waals surface area contributed by atoms with Gasteiger partial charge in [-0.25, -0.2) is 0 Å². The van der Waals surface area contributed by atoms with Gasteiger partial charge in [0.05, 0.1) is 5.92 Å². The maximum atomic E-state index is 10.8. The molecule has 3 rings (SSSR count). The van der Waals surface area contributed by atoms with E-state index in [9.17, 15) is 4.79 Å². The van der Waals surface area contributed by atoms with E-state index in [1.165, 1.54) is 0 Å². The third kappa shape index (κ3) is 0.966. The van der Waals surface area contributed by atoms with Gasteiger partial charge in [-0.3, -0.25) is 4.79 Å². The highest BCUT2D eigenvalue weighted by Crippen LogP contribution is 2.39. The zero-order valence-corrected chi connectivity index (χ0v) is 6.81. The van der Waals surface area contributed by atoms with Crippen LogP contribution in [0.4, 0.5) is 0 Å². The van der Waals surface area contributed by atoms with Gasteiger partial charge in [0.15, 0.2) is 0 Å². The molecule has 0 spiro atoms. The lowest BCUT2D eigenvalue weighted by Crippen LogP contribution is -2.50. The zero-order valence-electron chi connectivity index (χ0n) is 6.81. The van der Waals surface area contributed by atoms with E-state index in [1.807, 2.05) is 6.08 Å². The molecule has 4 atom stereocenters. The maximum Gasteiger partial charge on any atom is 0.308 e. The van der Waals surface area contributed by atoms with E-state index in [2.05, 4.69) is 6.08 Å². The average Bonchev–Trinajstić information content (AvgIpc) is 2.05. The smallest absolute Gasteiger partial charge is 0.308 e. The Kier molecular flexibility index (Phi) is 1.68. The first-order valence-electron chi connectivity index (χ1n) is 4.37. The molecule has 3 heteroatoms. The molecule has 3 aliphatic carbocycles. The molecule has 0 amide bonds. The Balaban J connectivity index is 2.26. The maximum absolute atomic E-state index is 10.8. The summed E-state index contributed by atoms with van der Waals surface area (Å²) in [7, 11) is 0. The van der Waals surface area contributed by atoms with Gasteiger partial charge in [0.2, 0.25) is 0 Å². The lowest BCUT2D eigenvalue weighted by atomic mass is 9.66. The molecule has 0 heterocycles. The molecule has 3 N–H and O–H groups in total. The number of nitrogens with two attached hydrogens (primary N) is 1. The van der Waals surface area contributed by atoms with Crippen molar-refractivity contribution in [3.8, 4) is 0 Å². The minimum Gasteiger partial charge on any atom is -0.481 e. The van der Waals surface area contributed by atoms with Gasteiger partial charge in [0, 0.05) is 6.04 Å². The number of aliphatic carboxylic acids is 1. The number of fused-ring (bicyclic) bond motifs is 2. The van der Waals surface area contributed by atoms with E-state index in [1.54, 1.807) is 0 Å². The van der Waals surface area contributed by atoms with Gasteiger partial charge in [0.1, 0.15) is 0 Å². The molecule has 1 saturated carbocycles. The lowest BCUT2D eigenvalue weighted by molar-refractivity contribution is -0.145. The summed E-state index contributed by atoms with van der Waals surface area (Å²) in [5.74, 6) is -0.589. The average molecular weight is 167 g/mol. The van der Waals surface area contributed by atoms with Gasteiger partial charge >= 0.3 is 5.97 Å². The summed E-state index contributed by atoms with van der Waals surface area (Å²) in [6.07, 6.45) is 6.16. The molecule has 2 bridgehead atoms. The summed E-state index contributed by atoms with van der Waals surface area (Å²) in [5.41, 5.74) is 5.83. The zero-order chi connectivity index (χ0) is 8.72. The Morgan fingerprint density at radius 2 is 1.92 bits per heavy atom. The van der Waals surface area contributed by atoms with E-state index in [-0.39, 0.29) is 17.9 Å². The van der Waals surface area contributed by atoms with E-state index >= 15 is 0 Å². The van der Waals surface area contributed by atoms with E-state index < -0.39 is 5.97 Å². The number of hydrogen-bond acceptors (Lipinski definition) is 2. The summed E-state index contributed by atoms with van der Waals surface area (Å²) in [5, 5.41) is 8.92. The summed E-state index contributed by atoms with van der Waals surface area (Å²) < 4.78 is 0. The predicted octanol–water partition coefficient (Wildman–Crippen LogP) is 0.610. The second kappa shape index (κ2) is 2.59. The molecule has 0 aromatic carbocycles. The molecule has 0 aliphatic heterocycles. The number of carboxylic acid groups (broad SMARTS) is 1. The largest absolute Gasteiger partial charge is 0.481 e. The quantitative estimate of drug-likeness (QED) is 0.562. The van der Waals surface area contributed by atoms with Gasteiger partial charge in [-0.2, -0.15) is 0 Å². The minimum atomic E-state index is -0.735. The number of carbonyl (C=O) groups is 1. The summed E-state index contributed by atoms with van der Waals surface area (Å²) >= 11 is 0. The van der Waals surface area contributed by atoms with E-state index in [0.717, 1.165) is 12.8 Å². The van der Waals surface area contributed by atoms with Crippen LogP contribution in [-0.4, -0.2) is 17.1 Å². The predicted molar refractivity (Wildman–Crippen MR) is 44.5 cm³/mol. The molecule has 3 nitrogen and oxygen atoms in total. The number of hydrogen-bond donors (Lipinski definition) is 2. The minimum absolute atomic E-state index is 0.161. The number of carboxylic acids is 1. The van der Waals surface area contributed by atoms with Crippen LogP contribution < -0.4 is 5.73 Å². The Hall–Kier alpha value is -0.830. The Labute approximate surface area is 71.3 Å². The van der Waals surface area contributed by atoms with Gasteiger partial charge in [-0.1, -0.05) is 12.2 Å². The van der Waals surface area contributed by atoms with Crippen LogP contribution in [0.2, 0.25) is 0 Å². The molecule has 0 aromatic rings. The lowest BCUT2D eigenvalue weighted by Gasteiger charge is -2.40. The number of allylic oxidation sites excluding steroid dienone is 1. The van der Waals surface area contributed by atoms with Gasteiger partial charge < -0.3 is 10.8 Å². The van der Waals surface area contributed by atoms with Crippen molar-refractivity contribution in [1.82, 2.24) is 0 Å². The van der Waals surface area contributed by atoms with Crippen LogP contribution in [-0.2, 0) is 4.79 Å². The van der Waals surface area contributed by atoms with Crippen LogP contribution >= 0.6 is 0 Å². The van der Waals surface area contributed by atoms with Gasteiger partial charge in [0.25, 0.3) is 0 Å². The molecule has 12 heavy (non-hydrogen) atoms. The van der Waals surface area contributed by atoms with Crippen molar-refractivity contribution in [2.75, 3.05) is 0 Å². The van der Waals surface area contributed by atoms with Crippen molar-refractivity contribution in [2.45, 2.75) is 18.9 Å². The highest BCUT2D eigenvalue weighted by Gasteiger charge is 2.42. The Bertz CT molecular complexity index is 237. The molecular formula is C9H13NO2. The molecule has 3 aliphatic rings. The fourth-order valence-electron chi connectivity index (χ4n) is 2.38. The highest BCUT2D eigenvalue weighted by atomic mass is 16.4. The van der Waals surface area contributed by atoms with E-state index in [0.29, 0.717) is 5.92 Å². The fraction of sp³-hybridized carbons (Fsp3) is 0.667. The monoisotopic (exact) mass is 167 g/mol. The van der Waals surface area contributed by atoms with Crippen LogP contribution in [0, 0.1) is 17.8 Å². The van der Waals surface area contributed by atoms with Crippen LogP contribution in [0.15, 0.2) is 12.2 Å². The van der Waals surface area contributed by atoms with Gasteiger partial charge in [-0.05, 0) is 24.7 Å². The van der Waals surface area contributed by atoms with Crippen molar-refractivity contribution in [1.29, 1.82) is 0 Å². The standard InChI is InChI=1S/C9H13NO2/c10-8-6-3-1-5(2-4-6)7(8)9(11)12/h1,3,5-8H,2,4,10H2,(H,11,12)/t5-,6-,7-,8+/m0/s1. The fourth-order valence-corrected chi connectivity index (χ4v) is 2.38. The SMILES string of the molecule is N[C@H]1[C@@H](C(=O)O)[C@H]2C=C[C@H]1CC2. The highest BCUT2D eigenvalue weighted by molar-refractivity contribution is 5.72. The second-order valence-corrected chi connectivity index (χ2v) is 3.73. The topological polar surface area (TPSA) is 63.3 Å². The molecule has 0 unspecified atom stereocenters. The van der Waals surface area contributed by atoms with Crippen molar-refractivity contribution < 1.29 is 9.90 Å². The Morgan fingerprint density at radius 1 is 1.33 bits per heavy atom. The summed E-state index contributed by atoms with van der Waals surface area (Å²) in [4.78, 5) is 10.8. The molecule has 1 fully saturated rings. The molecule has 0 aromatic heterocycles. The summed E-state index contributed by atoms with van der Waals surface area (Å²) in [6, 6.07) is -0.161. The van der Waals surface area contributed by atoms with Crippen molar-refractivity contribution in [3.63, 3.8) is 0 Å². The first kappa shape index (κ1) is 7.80. The van der Waals surface area contributed by atoms with Crippen LogP contribution in [0.5, 0.6) is 0 Å². The normalized spacial score (nSPS) is 44.8.